The zero-order valence-electron chi connectivity index (χ0n) is 26.2. The molecule has 2 spiro atoms. The van der Waals surface area contributed by atoms with Gasteiger partial charge in [0.15, 0.2) is 0 Å². The molecular weight excluding hydrogens is 579 g/mol. The van der Waals surface area contributed by atoms with E-state index in [9.17, 15) is 0 Å². The number of nitrogens with zero attached hydrogens (tertiary/aromatic N) is 1. The van der Waals surface area contributed by atoms with Gasteiger partial charge in [0, 0.05) is 10.9 Å². The summed E-state index contributed by atoms with van der Waals surface area (Å²) >= 11 is 0. The number of pyridine rings is 1. The van der Waals surface area contributed by atoms with E-state index in [2.05, 4.69) is 176 Å². The molecule has 0 bridgehead atoms. The molecule has 0 unspecified atom stereocenters. The van der Waals surface area contributed by atoms with Gasteiger partial charge >= 0.3 is 0 Å². The normalized spacial score (nSPS) is 15.0. The van der Waals surface area contributed by atoms with Crippen LogP contribution < -0.4 is 0 Å². The maximum absolute atomic E-state index is 5.23. The summed E-state index contributed by atoms with van der Waals surface area (Å²) in [4.78, 5) is 5.23. The van der Waals surface area contributed by atoms with Gasteiger partial charge in [0.25, 0.3) is 0 Å². The van der Waals surface area contributed by atoms with E-state index in [0.717, 1.165) is 16.6 Å². The van der Waals surface area contributed by atoms with Gasteiger partial charge in [-0.25, -0.2) is 4.98 Å². The molecule has 1 heterocycles. The minimum absolute atomic E-state index is 0.430. The second-order valence-corrected chi connectivity index (χ2v) is 13.3. The highest BCUT2D eigenvalue weighted by atomic mass is 14.7. The third-order valence-corrected chi connectivity index (χ3v) is 11.4. The molecule has 48 heavy (non-hydrogen) atoms. The predicted molar refractivity (Wildman–Crippen MR) is 195 cm³/mol. The fraction of sp³-hybridized carbons (Fsp3) is 0.0426. The van der Waals surface area contributed by atoms with E-state index < -0.39 is 10.8 Å². The molecular formula is C47H29N. The lowest BCUT2D eigenvalue weighted by Gasteiger charge is -2.48. The van der Waals surface area contributed by atoms with Crippen LogP contribution >= 0.6 is 0 Å². The van der Waals surface area contributed by atoms with Gasteiger partial charge in [-0.15, -0.1) is 0 Å². The van der Waals surface area contributed by atoms with Gasteiger partial charge in [0.2, 0.25) is 0 Å². The lowest BCUT2D eigenvalue weighted by Crippen LogP contribution is -2.43. The van der Waals surface area contributed by atoms with Crippen molar-refractivity contribution < 1.29 is 0 Å². The van der Waals surface area contributed by atoms with Crippen molar-refractivity contribution in [3.05, 3.63) is 220 Å². The van der Waals surface area contributed by atoms with E-state index in [4.69, 9.17) is 4.98 Å². The molecule has 222 valence electrons. The Morgan fingerprint density at radius 2 is 0.708 bits per heavy atom. The van der Waals surface area contributed by atoms with Crippen molar-refractivity contribution in [3.8, 4) is 33.5 Å². The van der Waals surface area contributed by atoms with Gasteiger partial charge in [-0.2, -0.15) is 0 Å². The Balaban J connectivity index is 1.30. The first-order chi connectivity index (χ1) is 23.8. The van der Waals surface area contributed by atoms with Gasteiger partial charge in [-0.1, -0.05) is 164 Å². The summed E-state index contributed by atoms with van der Waals surface area (Å²) in [5.41, 5.74) is 18.3. The largest absolute Gasteiger partial charge is 0.248 e. The molecule has 0 saturated carbocycles. The molecule has 1 aromatic heterocycles. The lowest BCUT2D eigenvalue weighted by molar-refractivity contribution is 0.633. The molecule has 0 N–H and O–H groups in total. The van der Waals surface area contributed by atoms with Gasteiger partial charge < -0.3 is 0 Å². The van der Waals surface area contributed by atoms with E-state index >= 15 is 0 Å². The molecule has 3 aliphatic rings. The van der Waals surface area contributed by atoms with Crippen LogP contribution in [0, 0.1) is 0 Å². The van der Waals surface area contributed by atoms with Gasteiger partial charge in [-0.3, -0.25) is 0 Å². The van der Waals surface area contributed by atoms with E-state index in [1.54, 1.807) is 0 Å². The van der Waals surface area contributed by atoms with E-state index in [1.807, 2.05) is 0 Å². The topological polar surface area (TPSA) is 12.9 Å². The highest BCUT2D eigenvalue weighted by Gasteiger charge is 2.59. The number of hydrogen-bond acceptors (Lipinski definition) is 1. The summed E-state index contributed by atoms with van der Waals surface area (Å²) in [5, 5.41) is 1.16. The van der Waals surface area contributed by atoms with Crippen LogP contribution in [0.5, 0.6) is 0 Å². The van der Waals surface area contributed by atoms with E-state index in [-0.39, 0.29) is 0 Å². The first kappa shape index (κ1) is 26.1. The number of para-hydroxylation sites is 1. The fourth-order valence-corrected chi connectivity index (χ4v) is 9.72. The third-order valence-electron chi connectivity index (χ3n) is 11.4. The van der Waals surface area contributed by atoms with Crippen molar-refractivity contribution in [3.63, 3.8) is 0 Å². The van der Waals surface area contributed by atoms with Crippen LogP contribution in [0.15, 0.2) is 176 Å². The Morgan fingerprint density at radius 3 is 1.31 bits per heavy atom. The SMILES string of the molecule is c1ccc2c(c1)-c1ccccc1C21c2ccccc2C2(c3ccccc3-c3c(-c4ccc5ccccc5n4)cccc32)c2ccccc21. The lowest BCUT2D eigenvalue weighted by atomic mass is 9.52. The Hall–Kier alpha value is -6.05. The summed E-state index contributed by atoms with van der Waals surface area (Å²) in [5.74, 6) is 0. The quantitative estimate of drug-likeness (QED) is 0.181. The average molecular weight is 608 g/mol. The average Bonchev–Trinajstić information content (AvgIpc) is 3.63. The molecule has 3 aliphatic carbocycles. The molecule has 0 amide bonds. The second-order valence-electron chi connectivity index (χ2n) is 13.3. The highest BCUT2D eigenvalue weighted by molar-refractivity contribution is 5.98. The van der Waals surface area contributed by atoms with Crippen LogP contribution in [0.3, 0.4) is 0 Å². The molecule has 0 aliphatic heterocycles. The molecule has 8 aromatic rings. The standard InChI is InChI=1S/C47H29N/c1-12-27-43-30(14-1)28-29-44(48-43)34-18-13-26-42-45(34)33-17-4-7-21-37(33)47(42)40-24-10-8-22-38(40)46(39-23-9-11-25-41(39)47)35-19-5-2-15-31(35)32-16-3-6-20-36(32)46/h1-29H. The summed E-state index contributed by atoms with van der Waals surface area (Å²) in [6.45, 7) is 0. The number of benzene rings is 7. The van der Waals surface area contributed by atoms with Crippen LogP contribution in [0.4, 0.5) is 0 Å². The Labute approximate surface area is 279 Å². The van der Waals surface area contributed by atoms with Crippen molar-refractivity contribution >= 4 is 10.9 Å². The molecule has 0 atom stereocenters. The third kappa shape index (κ3) is 2.97. The number of rotatable bonds is 1. The van der Waals surface area contributed by atoms with Crippen LogP contribution in [0.2, 0.25) is 0 Å². The van der Waals surface area contributed by atoms with Crippen molar-refractivity contribution in [2.45, 2.75) is 10.8 Å². The van der Waals surface area contributed by atoms with Gasteiger partial charge in [-0.05, 0) is 78.9 Å². The minimum Gasteiger partial charge on any atom is -0.248 e. The van der Waals surface area contributed by atoms with Crippen LogP contribution in [0.1, 0.15) is 44.5 Å². The molecule has 0 fully saturated rings. The number of aromatic nitrogens is 1. The Morgan fingerprint density at radius 1 is 0.292 bits per heavy atom. The Kier molecular flexibility index (Phi) is 5.04. The van der Waals surface area contributed by atoms with Crippen molar-refractivity contribution in [1.82, 2.24) is 4.98 Å². The van der Waals surface area contributed by atoms with Gasteiger partial charge in [0.05, 0.1) is 22.0 Å². The van der Waals surface area contributed by atoms with Gasteiger partial charge in [0.1, 0.15) is 0 Å². The molecule has 1 nitrogen and oxygen atoms in total. The van der Waals surface area contributed by atoms with Crippen molar-refractivity contribution in [2.24, 2.45) is 0 Å². The zero-order valence-corrected chi connectivity index (χ0v) is 26.2. The van der Waals surface area contributed by atoms with Crippen LogP contribution in [-0.4, -0.2) is 4.98 Å². The van der Waals surface area contributed by atoms with Crippen molar-refractivity contribution in [1.29, 1.82) is 0 Å². The highest BCUT2D eigenvalue weighted by Crippen LogP contribution is 2.67. The molecule has 1 heteroatoms. The monoisotopic (exact) mass is 607 g/mol. The maximum Gasteiger partial charge on any atom is 0.0720 e. The number of fused-ring (bicyclic) bond motifs is 17. The van der Waals surface area contributed by atoms with E-state index in [0.29, 0.717) is 0 Å². The molecule has 7 aromatic carbocycles. The summed E-state index contributed by atoms with van der Waals surface area (Å²) in [6, 6.07) is 65.5. The van der Waals surface area contributed by atoms with E-state index in [1.165, 1.54) is 72.3 Å². The summed E-state index contributed by atoms with van der Waals surface area (Å²) in [7, 11) is 0. The smallest absolute Gasteiger partial charge is 0.0720 e. The Bertz CT molecular complexity index is 2550. The molecule has 0 radical (unpaired) electrons. The number of hydrogen-bond donors (Lipinski definition) is 0. The first-order valence-electron chi connectivity index (χ1n) is 16.8. The van der Waals surface area contributed by atoms with Crippen LogP contribution in [-0.2, 0) is 10.8 Å². The summed E-state index contributed by atoms with van der Waals surface area (Å²) in [6.07, 6.45) is 0. The zero-order chi connectivity index (χ0) is 31.5. The maximum atomic E-state index is 5.23. The minimum atomic E-state index is -0.496. The second kappa shape index (κ2) is 9.27. The predicted octanol–water partition coefficient (Wildman–Crippen LogP) is 10.9. The molecule has 0 saturated heterocycles. The fourth-order valence-electron chi connectivity index (χ4n) is 9.72. The van der Waals surface area contributed by atoms with Crippen molar-refractivity contribution in [2.75, 3.05) is 0 Å². The summed E-state index contributed by atoms with van der Waals surface area (Å²) < 4.78 is 0. The van der Waals surface area contributed by atoms with Crippen LogP contribution in [0.25, 0.3) is 44.4 Å². The molecule has 11 rings (SSSR count). The first-order valence-corrected chi connectivity index (χ1v) is 16.8.